The molecule has 2 aromatic heterocycles. The van der Waals surface area contributed by atoms with Crippen LogP contribution in [0.5, 0.6) is 0 Å². The fraction of sp³-hybridized carbons (Fsp3) is 0.231. The van der Waals surface area contributed by atoms with Crippen molar-refractivity contribution in [1.29, 1.82) is 0 Å². The largest absolute Gasteiger partial charge is 0.416 e. The van der Waals surface area contributed by atoms with Gasteiger partial charge >= 0.3 is 11.9 Å². The van der Waals surface area contributed by atoms with Crippen molar-refractivity contribution in [1.82, 2.24) is 14.5 Å². The molecule has 0 fully saturated rings. The molecule has 0 aliphatic rings. The maximum absolute atomic E-state index is 14.3. The number of alkyl halides is 3. The third-order valence-corrected chi connectivity index (χ3v) is 7.09. The van der Waals surface area contributed by atoms with Crippen LogP contribution < -0.4 is 11.0 Å². The van der Waals surface area contributed by atoms with Gasteiger partial charge in [-0.3, -0.25) is 13.9 Å². The lowest BCUT2D eigenvalue weighted by molar-refractivity contribution is -0.137. The van der Waals surface area contributed by atoms with E-state index in [0.717, 1.165) is 12.1 Å². The van der Waals surface area contributed by atoms with Crippen molar-refractivity contribution in [2.24, 2.45) is 0 Å². The topological polar surface area (TPSA) is 56.0 Å². The molecule has 0 aliphatic heterocycles. The Morgan fingerprint density at radius 2 is 1.73 bits per heavy atom. The van der Waals surface area contributed by atoms with Crippen molar-refractivity contribution in [3.8, 4) is 10.6 Å². The number of halogens is 5. The molecule has 0 saturated carbocycles. The van der Waals surface area contributed by atoms with Crippen LogP contribution in [0.2, 0.25) is 4.34 Å². The van der Waals surface area contributed by atoms with Gasteiger partial charge in [-0.15, -0.1) is 11.3 Å². The number of carbonyl (C=O) groups excluding carboxylic acids is 1. The number of hydrogen-bond donors (Lipinski definition) is 1. The van der Waals surface area contributed by atoms with E-state index < -0.39 is 41.2 Å². The minimum atomic E-state index is -4.52. The number of aromatic nitrogens is 2. The van der Waals surface area contributed by atoms with Crippen molar-refractivity contribution in [3.05, 3.63) is 104 Å². The van der Waals surface area contributed by atoms with Gasteiger partial charge in [-0.05, 0) is 49.7 Å². The highest BCUT2D eigenvalue weighted by Crippen LogP contribution is 2.33. The van der Waals surface area contributed by atoms with E-state index in [1.165, 1.54) is 44.9 Å². The average molecular weight is 552 g/mol. The summed E-state index contributed by atoms with van der Waals surface area (Å²) in [6, 6.07) is 14.2. The third-order valence-electron chi connectivity index (χ3n) is 5.83. The summed E-state index contributed by atoms with van der Waals surface area (Å²) in [4.78, 5) is 26.9. The Kier molecular flexibility index (Phi) is 7.34. The van der Waals surface area contributed by atoms with Gasteiger partial charge in [0.05, 0.1) is 32.6 Å². The zero-order chi connectivity index (χ0) is 27.0. The van der Waals surface area contributed by atoms with Crippen LogP contribution in [0.4, 0.5) is 17.6 Å². The first-order valence-electron chi connectivity index (χ1n) is 11.1. The maximum Gasteiger partial charge on any atom is 0.416 e. The lowest BCUT2D eigenvalue weighted by Crippen LogP contribution is -2.43. The first-order valence-corrected chi connectivity index (χ1v) is 12.3. The number of rotatable bonds is 7. The van der Waals surface area contributed by atoms with Crippen LogP contribution in [0.25, 0.3) is 10.6 Å². The molecule has 2 heterocycles. The Balaban J connectivity index is 1.62. The normalized spacial score (nSPS) is 12.1. The van der Waals surface area contributed by atoms with Gasteiger partial charge in [0.2, 0.25) is 5.91 Å². The quantitative estimate of drug-likeness (QED) is 0.274. The van der Waals surface area contributed by atoms with Crippen molar-refractivity contribution in [3.63, 3.8) is 0 Å². The van der Waals surface area contributed by atoms with Gasteiger partial charge < -0.3 is 5.32 Å². The molecule has 11 heteroatoms. The summed E-state index contributed by atoms with van der Waals surface area (Å²) < 4.78 is 56.8. The van der Waals surface area contributed by atoms with Gasteiger partial charge in [-0.25, -0.2) is 9.18 Å². The molecule has 37 heavy (non-hydrogen) atoms. The molecule has 1 amide bonds. The van der Waals surface area contributed by atoms with Gasteiger partial charge in [0.1, 0.15) is 12.4 Å². The summed E-state index contributed by atoms with van der Waals surface area (Å²) in [5, 5.41) is 2.70. The second-order valence-electron chi connectivity index (χ2n) is 8.96. The van der Waals surface area contributed by atoms with Crippen LogP contribution >= 0.6 is 22.9 Å². The summed E-state index contributed by atoms with van der Waals surface area (Å²) >= 11 is 7.31. The Bertz CT molecular complexity index is 1500. The van der Waals surface area contributed by atoms with Crippen molar-refractivity contribution in [2.75, 3.05) is 0 Å². The first kappa shape index (κ1) is 26.7. The van der Waals surface area contributed by atoms with Crippen molar-refractivity contribution >= 4 is 28.8 Å². The van der Waals surface area contributed by atoms with E-state index in [2.05, 4.69) is 5.32 Å². The molecule has 5 nitrogen and oxygen atoms in total. The van der Waals surface area contributed by atoms with E-state index in [9.17, 15) is 27.2 Å². The van der Waals surface area contributed by atoms with Gasteiger partial charge in [0, 0.05) is 11.8 Å². The number of carbonyl (C=O) groups is 1. The fourth-order valence-corrected chi connectivity index (χ4v) is 5.00. The summed E-state index contributed by atoms with van der Waals surface area (Å²) in [7, 11) is 0. The number of benzene rings is 2. The molecule has 4 rings (SSSR count). The molecule has 0 unspecified atom stereocenters. The second kappa shape index (κ2) is 10.2. The lowest BCUT2D eigenvalue weighted by atomic mass is 9.92. The molecule has 1 N–H and O–H groups in total. The molecular weight excluding hydrogens is 530 g/mol. The zero-order valence-corrected chi connectivity index (χ0v) is 21.3. The Morgan fingerprint density at radius 1 is 1.03 bits per heavy atom. The van der Waals surface area contributed by atoms with Crippen LogP contribution in [0, 0.1) is 5.82 Å². The maximum atomic E-state index is 14.3. The Labute approximate surface area is 218 Å². The highest BCUT2D eigenvalue weighted by molar-refractivity contribution is 7.19. The molecule has 2 aromatic carbocycles. The average Bonchev–Trinajstić information content (AvgIpc) is 3.38. The third kappa shape index (κ3) is 5.97. The van der Waals surface area contributed by atoms with Crippen LogP contribution in [-0.4, -0.2) is 15.0 Å². The van der Waals surface area contributed by atoms with Gasteiger partial charge in [-0.1, -0.05) is 41.9 Å². The Hall–Kier alpha value is -3.37. The number of imidazole rings is 1. The molecule has 0 saturated heterocycles. The zero-order valence-electron chi connectivity index (χ0n) is 19.8. The van der Waals surface area contributed by atoms with E-state index in [-0.39, 0.29) is 12.1 Å². The van der Waals surface area contributed by atoms with Crippen molar-refractivity contribution in [2.45, 2.75) is 38.7 Å². The molecule has 194 valence electrons. The minimum Gasteiger partial charge on any atom is -0.346 e. The van der Waals surface area contributed by atoms with Crippen LogP contribution in [0.3, 0.4) is 0 Å². The molecule has 0 aliphatic carbocycles. The van der Waals surface area contributed by atoms with E-state index in [0.29, 0.717) is 20.5 Å². The van der Waals surface area contributed by atoms with Crippen LogP contribution in [-0.2, 0) is 29.6 Å². The first-order chi connectivity index (χ1) is 17.3. The predicted molar refractivity (Wildman–Crippen MR) is 135 cm³/mol. The van der Waals surface area contributed by atoms with E-state index >= 15 is 0 Å². The number of amides is 1. The van der Waals surface area contributed by atoms with Crippen LogP contribution in [0.15, 0.2) is 71.7 Å². The smallest absolute Gasteiger partial charge is 0.346 e. The Morgan fingerprint density at radius 3 is 2.38 bits per heavy atom. The second-order valence-corrected chi connectivity index (χ2v) is 10.7. The predicted octanol–water partition coefficient (Wildman–Crippen LogP) is 6.29. The molecule has 0 atom stereocenters. The highest BCUT2D eigenvalue weighted by atomic mass is 35.5. The summed E-state index contributed by atoms with van der Waals surface area (Å²) in [5.74, 6) is -1.05. The molecule has 0 bridgehead atoms. The minimum absolute atomic E-state index is 0.0687. The monoisotopic (exact) mass is 551 g/mol. The van der Waals surface area contributed by atoms with E-state index in [1.54, 1.807) is 44.2 Å². The molecule has 4 aromatic rings. The molecule has 0 spiro atoms. The lowest BCUT2D eigenvalue weighted by Gasteiger charge is -2.27. The van der Waals surface area contributed by atoms with Gasteiger partial charge in [0.25, 0.3) is 0 Å². The van der Waals surface area contributed by atoms with E-state index in [4.69, 9.17) is 11.6 Å². The summed E-state index contributed by atoms with van der Waals surface area (Å²) in [6.45, 7) is 2.69. The summed E-state index contributed by atoms with van der Waals surface area (Å²) in [6.07, 6.45) is -3.03. The number of hydrogen-bond acceptors (Lipinski definition) is 3. The van der Waals surface area contributed by atoms with E-state index in [1.807, 2.05) is 0 Å². The fourth-order valence-electron chi connectivity index (χ4n) is 3.94. The number of nitrogens with zero attached hydrogens (tertiary/aromatic N) is 2. The number of thiophene rings is 1. The van der Waals surface area contributed by atoms with Crippen molar-refractivity contribution < 1.29 is 22.4 Å². The van der Waals surface area contributed by atoms with Gasteiger partial charge in [-0.2, -0.15) is 13.2 Å². The standard InChI is InChI=1S/C26H22ClF4N3O2S/c1-25(2,17-7-5-8-18(12-17)26(29,30)31)32-23(35)15-33-14-20(21-10-11-22(27)37-21)34(24(33)36)13-16-6-3-4-9-19(16)28/h3-12,14H,13,15H2,1-2H3,(H,32,35). The highest BCUT2D eigenvalue weighted by Gasteiger charge is 2.32. The SMILES string of the molecule is CC(C)(NC(=O)Cn1cc(-c2ccc(Cl)s2)n(Cc2ccccc2F)c1=O)c1cccc(C(F)(F)F)c1. The molecule has 0 radical (unpaired) electrons. The van der Waals surface area contributed by atoms with Gasteiger partial charge in [0.15, 0.2) is 0 Å². The molecular formula is C26H22ClF4N3O2S. The van der Waals surface area contributed by atoms with Crippen LogP contribution in [0.1, 0.15) is 30.5 Å². The summed E-state index contributed by atoms with van der Waals surface area (Å²) in [5.41, 5.74) is -1.52. The number of nitrogens with one attached hydrogen (secondary N) is 1.